The fourth-order valence-corrected chi connectivity index (χ4v) is 3.00. The zero-order valence-corrected chi connectivity index (χ0v) is 14.7. The van der Waals surface area contributed by atoms with Gasteiger partial charge in [-0.05, 0) is 31.0 Å². The maximum atomic E-state index is 12.1. The highest BCUT2D eigenvalue weighted by Gasteiger charge is 2.16. The van der Waals surface area contributed by atoms with Crippen molar-refractivity contribution in [3.8, 4) is 0 Å². The number of anilines is 1. The number of carbonyl (C=O) groups is 2. The van der Waals surface area contributed by atoms with Crippen LogP contribution in [0.25, 0.3) is 0 Å². The molecule has 1 saturated carbocycles. The van der Waals surface area contributed by atoms with Gasteiger partial charge in [-0.25, -0.2) is 4.79 Å². The van der Waals surface area contributed by atoms with Crippen LogP contribution >= 0.6 is 0 Å². The van der Waals surface area contributed by atoms with Crippen LogP contribution in [-0.2, 0) is 9.53 Å². The summed E-state index contributed by atoms with van der Waals surface area (Å²) in [7, 11) is 3.82. The summed E-state index contributed by atoms with van der Waals surface area (Å²) < 4.78 is 5.15. The number of benzene rings is 1. The largest absolute Gasteiger partial charge is 0.452 e. The van der Waals surface area contributed by atoms with Gasteiger partial charge >= 0.3 is 5.97 Å². The van der Waals surface area contributed by atoms with E-state index < -0.39 is 5.97 Å². The molecule has 1 aliphatic rings. The smallest absolute Gasteiger partial charge is 0.338 e. The zero-order chi connectivity index (χ0) is 17.4. The Morgan fingerprint density at radius 1 is 1.12 bits per heavy atom. The number of amides is 1. The normalized spacial score (nSPS) is 15.9. The van der Waals surface area contributed by atoms with Gasteiger partial charge in [-0.2, -0.15) is 0 Å². The van der Waals surface area contributed by atoms with Crippen molar-refractivity contribution in [2.75, 3.05) is 25.6 Å². The van der Waals surface area contributed by atoms with E-state index in [-0.39, 0.29) is 18.6 Å². The van der Waals surface area contributed by atoms with E-state index in [0.717, 1.165) is 31.4 Å². The molecule has 1 aromatic carbocycles. The van der Waals surface area contributed by atoms with Crippen LogP contribution in [0.15, 0.2) is 24.3 Å². The molecule has 0 radical (unpaired) electrons. The summed E-state index contributed by atoms with van der Waals surface area (Å²) in [6.45, 7) is -0.221. The fraction of sp³-hybridized carbons (Fsp3) is 0.579. The molecular weight excluding hydrogens is 304 g/mol. The first kappa shape index (κ1) is 18.3. The Labute approximate surface area is 144 Å². The molecule has 5 nitrogen and oxygen atoms in total. The minimum atomic E-state index is -0.466. The van der Waals surface area contributed by atoms with Crippen molar-refractivity contribution in [2.45, 2.75) is 51.0 Å². The monoisotopic (exact) mass is 332 g/mol. The van der Waals surface area contributed by atoms with Crippen LogP contribution < -0.4 is 10.2 Å². The molecular formula is C19H28N2O3. The molecule has 24 heavy (non-hydrogen) atoms. The quantitative estimate of drug-likeness (QED) is 0.842. The van der Waals surface area contributed by atoms with E-state index in [1.54, 1.807) is 18.2 Å². The summed E-state index contributed by atoms with van der Waals surface area (Å²) in [6, 6.07) is 7.39. The van der Waals surface area contributed by atoms with Crippen LogP contribution in [0.5, 0.6) is 0 Å². The average molecular weight is 332 g/mol. The third kappa shape index (κ3) is 5.87. The standard InChI is InChI=1S/C19H28N2O3/c1-21(2)17-12-8-9-15(13-17)19(23)24-14-18(22)20-16-10-6-4-3-5-7-11-16/h8-9,12-13,16H,3-7,10-11,14H2,1-2H3,(H,20,22). The number of esters is 1. The van der Waals surface area contributed by atoms with E-state index in [1.807, 2.05) is 25.1 Å². The second kappa shape index (κ2) is 9.30. The number of hydrogen-bond acceptors (Lipinski definition) is 4. The van der Waals surface area contributed by atoms with Gasteiger partial charge in [0.25, 0.3) is 5.91 Å². The third-order valence-corrected chi connectivity index (χ3v) is 4.40. The van der Waals surface area contributed by atoms with Gasteiger partial charge in [-0.1, -0.05) is 38.2 Å². The van der Waals surface area contributed by atoms with Gasteiger partial charge < -0.3 is 15.0 Å². The molecule has 0 heterocycles. The first-order valence-electron chi connectivity index (χ1n) is 8.80. The van der Waals surface area contributed by atoms with E-state index in [1.165, 1.54) is 19.3 Å². The number of rotatable bonds is 5. The molecule has 1 amide bonds. The van der Waals surface area contributed by atoms with Gasteiger partial charge in [-0.3, -0.25) is 4.79 Å². The minimum Gasteiger partial charge on any atom is -0.452 e. The Morgan fingerprint density at radius 2 is 1.79 bits per heavy atom. The average Bonchev–Trinajstić information content (AvgIpc) is 2.55. The van der Waals surface area contributed by atoms with Crippen molar-refractivity contribution < 1.29 is 14.3 Å². The lowest BCUT2D eigenvalue weighted by Crippen LogP contribution is -2.38. The first-order valence-corrected chi connectivity index (χ1v) is 8.80. The second-order valence-corrected chi connectivity index (χ2v) is 6.63. The van der Waals surface area contributed by atoms with Crippen molar-refractivity contribution in [3.05, 3.63) is 29.8 Å². The second-order valence-electron chi connectivity index (χ2n) is 6.63. The molecule has 0 unspecified atom stereocenters. The molecule has 0 spiro atoms. The summed E-state index contributed by atoms with van der Waals surface area (Å²) in [5, 5.41) is 3.00. The van der Waals surface area contributed by atoms with Crippen molar-refractivity contribution >= 4 is 17.6 Å². The third-order valence-electron chi connectivity index (χ3n) is 4.40. The van der Waals surface area contributed by atoms with Crippen LogP contribution in [0.4, 0.5) is 5.69 Å². The Bertz CT molecular complexity index is 549. The van der Waals surface area contributed by atoms with Gasteiger partial charge in [0, 0.05) is 25.8 Å². The van der Waals surface area contributed by atoms with Gasteiger partial charge in [0.05, 0.1) is 5.56 Å². The zero-order valence-electron chi connectivity index (χ0n) is 14.7. The molecule has 0 bridgehead atoms. The van der Waals surface area contributed by atoms with Gasteiger partial charge in [0.2, 0.25) is 0 Å². The molecule has 0 saturated heterocycles. The maximum Gasteiger partial charge on any atom is 0.338 e. The Balaban J connectivity index is 1.80. The molecule has 0 atom stereocenters. The van der Waals surface area contributed by atoms with Crippen LogP contribution in [0.2, 0.25) is 0 Å². The predicted octanol–water partition coefficient (Wildman–Crippen LogP) is 3.14. The highest BCUT2D eigenvalue weighted by Crippen LogP contribution is 2.17. The van der Waals surface area contributed by atoms with Gasteiger partial charge in [-0.15, -0.1) is 0 Å². The minimum absolute atomic E-state index is 0.210. The number of ether oxygens (including phenoxy) is 1. The lowest BCUT2D eigenvalue weighted by atomic mass is 9.97. The molecule has 0 aromatic heterocycles. The Morgan fingerprint density at radius 3 is 2.46 bits per heavy atom. The molecule has 1 aliphatic carbocycles. The summed E-state index contributed by atoms with van der Waals surface area (Å²) in [6.07, 6.45) is 8.12. The Kier molecular flexibility index (Phi) is 7.09. The van der Waals surface area contributed by atoms with Crippen molar-refractivity contribution in [1.82, 2.24) is 5.32 Å². The van der Waals surface area contributed by atoms with E-state index in [9.17, 15) is 9.59 Å². The van der Waals surface area contributed by atoms with Crippen LogP contribution in [-0.4, -0.2) is 38.6 Å². The highest BCUT2D eigenvalue weighted by molar-refractivity contribution is 5.92. The number of nitrogens with one attached hydrogen (secondary N) is 1. The Hall–Kier alpha value is -2.04. The number of hydrogen-bond donors (Lipinski definition) is 1. The summed E-state index contributed by atoms with van der Waals surface area (Å²) in [5.74, 6) is -0.677. The lowest BCUT2D eigenvalue weighted by Gasteiger charge is -2.21. The van der Waals surface area contributed by atoms with Gasteiger partial charge in [0.15, 0.2) is 6.61 Å². The SMILES string of the molecule is CN(C)c1cccc(C(=O)OCC(=O)NC2CCCCCCC2)c1. The maximum absolute atomic E-state index is 12.1. The van der Waals surface area contributed by atoms with E-state index in [4.69, 9.17) is 4.74 Å². The molecule has 1 aromatic rings. The number of nitrogens with zero attached hydrogens (tertiary/aromatic N) is 1. The van der Waals surface area contributed by atoms with Crippen LogP contribution in [0.3, 0.4) is 0 Å². The predicted molar refractivity (Wildman–Crippen MR) is 95.3 cm³/mol. The van der Waals surface area contributed by atoms with Crippen molar-refractivity contribution in [3.63, 3.8) is 0 Å². The van der Waals surface area contributed by atoms with E-state index in [0.29, 0.717) is 5.56 Å². The molecule has 2 rings (SSSR count). The van der Waals surface area contributed by atoms with Gasteiger partial charge in [0.1, 0.15) is 0 Å². The lowest BCUT2D eigenvalue weighted by molar-refractivity contribution is -0.125. The fourth-order valence-electron chi connectivity index (χ4n) is 3.00. The summed E-state index contributed by atoms with van der Waals surface area (Å²) in [5.41, 5.74) is 1.38. The molecule has 0 aliphatic heterocycles. The molecule has 5 heteroatoms. The molecule has 1 fully saturated rings. The van der Waals surface area contributed by atoms with E-state index >= 15 is 0 Å². The van der Waals surface area contributed by atoms with Crippen molar-refractivity contribution in [1.29, 1.82) is 0 Å². The van der Waals surface area contributed by atoms with Crippen LogP contribution in [0.1, 0.15) is 55.3 Å². The van der Waals surface area contributed by atoms with Crippen molar-refractivity contribution in [2.24, 2.45) is 0 Å². The number of carbonyl (C=O) groups excluding carboxylic acids is 2. The summed E-state index contributed by atoms with van der Waals surface area (Å²) >= 11 is 0. The molecule has 132 valence electrons. The van der Waals surface area contributed by atoms with E-state index in [2.05, 4.69) is 5.32 Å². The van der Waals surface area contributed by atoms with Crippen LogP contribution in [0, 0.1) is 0 Å². The highest BCUT2D eigenvalue weighted by atomic mass is 16.5. The first-order chi connectivity index (χ1) is 11.6. The molecule has 1 N–H and O–H groups in total. The summed E-state index contributed by atoms with van der Waals surface area (Å²) in [4.78, 5) is 26.0. The topological polar surface area (TPSA) is 58.6 Å².